The first-order chi connectivity index (χ1) is 11.8. The van der Waals surface area contributed by atoms with Crippen LogP contribution in [-0.2, 0) is 6.42 Å². The summed E-state index contributed by atoms with van der Waals surface area (Å²) in [7, 11) is 0. The van der Waals surface area contributed by atoms with Gasteiger partial charge in [0.2, 0.25) is 0 Å². The number of aliphatic imine (C=N–C) groups is 1. The molecule has 0 amide bonds. The van der Waals surface area contributed by atoms with Gasteiger partial charge in [-0.05, 0) is 36.2 Å². The first-order valence-electron chi connectivity index (χ1n) is 7.57. The number of nitrogens with one attached hydrogen (secondary N) is 1. The van der Waals surface area contributed by atoms with Crippen LogP contribution in [0.4, 0.5) is 5.69 Å². The lowest BCUT2D eigenvalue weighted by Crippen LogP contribution is -1.88. The molecule has 6 heteroatoms. The highest BCUT2D eigenvalue weighted by Crippen LogP contribution is 2.34. The lowest BCUT2D eigenvalue weighted by atomic mass is 10.1. The van der Waals surface area contributed by atoms with Crippen LogP contribution >= 0.6 is 11.3 Å². The summed E-state index contributed by atoms with van der Waals surface area (Å²) >= 11 is 1.55. The van der Waals surface area contributed by atoms with Crippen molar-refractivity contribution in [3.8, 4) is 5.88 Å². The van der Waals surface area contributed by atoms with Gasteiger partial charge < -0.3 is 15.2 Å². The second kappa shape index (κ2) is 6.07. The number of benzene rings is 2. The molecule has 0 aliphatic carbocycles. The molecule has 4 rings (SSSR count). The Bertz CT molecular complexity index is 1030. The number of hydrogen-bond donors (Lipinski definition) is 3. The third-order valence-electron chi connectivity index (χ3n) is 3.96. The van der Waals surface area contributed by atoms with Crippen LogP contribution in [0.3, 0.4) is 0 Å². The molecule has 4 aromatic rings. The smallest absolute Gasteiger partial charge is 0.198 e. The number of aromatic hydroxyl groups is 1. The van der Waals surface area contributed by atoms with Crippen LogP contribution in [0.1, 0.15) is 11.1 Å². The zero-order valence-corrected chi connectivity index (χ0v) is 13.5. The molecule has 0 aliphatic rings. The average molecular weight is 337 g/mol. The van der Waals surface area contributed by atoms with E-state index in [1.807, 2.05) is 36.4 Å². The van der Waals surface area contributed by atoms with Crippen molar-refractivity contribution in [3.05, 3.63) is 53.0 Å². The van der Waals surface area contributed by atoms with E-state index in [2.05, 4.69) is 15.0 Å². The summed E-state index contributed by atoms with van der Waals surface area (Å²) in [6.45, 7) is 0.136. The second-order valence-corrected chi connectivity index (χ2v) is 6.33. The van der Waals surface area contributed by atoms with Crippen LogP contribution < -0.4 is 0 Å². The van der Waals surface area contributed by atoms with Crippen LogP contribution in [-0.4, -0.2) is 33.0 Å². The third kappa shape index (κ3) is 2.55. The fourth-order valence-electron chi connectivity index (χ4n) is 2.76. The van der Waals surface area contributed by atoms with E-state index < -0.39 is 0 Å². The van der Waals surface area contributed by atoms with E-state index in [-0.39, 0.29) is 12.5 Å². The van der Waals surface area contributed by atoms with E-state index in [9.17, 15) is 5.11 Å². The van der Waals surface area contributed by atoms with Crippen molar-refractivity contribution in [2.24, 2.45) is 4.99 Å². The van der Waals surface area contributed by atoms with Crippen molar-refractivity contribution < 1.29 is 10.2 Å². The number of rotatable bonds is 4. The van der Waals surface area contributed by atoms with Gasteiger partial charge in [-0.3, -0.25) is 4.99 Å². The molecule has 0 atom stereocenters. The lowest BCUT2D eigenvalue weighted by molar-refractivity contribution is 0.299. The number of aromatic nitrogens is 2. The van der Waals surface area contributed by atoms with Crippen molar-refractivity contribution in [3.63, 3.8) is 0 Å². The van der Waals surface area contributed by atoms with Gasteiger partial charge in [0.15, 0.2) is 5.88 Å². The van der Waals surface area contributed by atoms with Gasteiger partial charge in [0.1, 0.15) is 0 Å². The molecule has 0 saturated carbocycles. The first kappa shape index (κ1) is 14.9. The fraction of sp³-hybridized carbons (Fsp3) is 0.111. The largest absolute Gasteiger partial charge is 0.494 e. The topological polar surface area (TPSA) is 81.5 Å². The number of fused-ring (bicyclic) bond motifs is 3. The molecule has 2 heterocycles. The van der Waals surface area contributed by atoms with E-state index in [1.54, 1.807) is 23.1 Å². The number of aliphatic hydroxyl groups excluding tert-OH is 1. The molecule has 2 aromatic carbocycles. The predicted octanol–water partition coefficient (Wildman–Crippen LogP) is 3.77. The van der Waals surface area contributed by atoms with Crippen molar-refractivity contribution in [1.29, 1.82) is 0 Å². The summed E-state index contributed by atoms with van der Waals surface area (Å²) in [4.78, 5) is 11.8. The molecule has 0 bridgehead atoms. The quantitative estimate of drug-likeness (QED) is 0.496. The van der Waals surface area contributed by atoms with Gasteiger partial charge >= 0.3 is 0 Å². The Morgan fingerprint density at radius 2 is 2.00 bits per heavy atom. The fourth-order valence-corrected chi connectivity index (χ4v) is 3.61. The highest BCUT2D eigenvalue weighted by atomic mass is 32.1. The maximum Gasteiger partial charge on any atom is 0.198 e. The van der Waals surface area contributed by atoms with E-state index in [0.29, 0.717) is 12.0 Å². The van der Waals surface area contributed by atoms with Gasteiger partial charge in [-0.1, -0.05) is 12.1 Å². The third-order valence-corrected chi connectivity index (χ3v) is 4.82. The molecule has 2 aromatic heterocycles. The number of thiazole rings is 1. The molecule has 0 radical (unpaired) electrons. The van der Waals surface area contributed by atoms with Crippen LogP contribution in [0, 0.1) is 0 Å². The summed E-state index contributed by atoms with van der Waals surface area (Å²) in [5, 5.41) is 20.1. The Hall–Kier alpha value is -2.70. The summed E-state index contributed by atoms with van der Waals surface area (Å²) in [6.07, 6.45) is 2.31. The van der Waals surface area contributed by atoms with Gasteiger partial charge in [-0.2, -0.15) is 0 Å². The van der Waals surface area contributed by atoms with Crippen molar-refractivity contribution in [2.45, 2.75) is 6.42 Å². The van der Waals surface area contributed by atoms with Crippen LogP contribution in [0.5, 0.6) is 5.88 Å². The monoisotopic (exact) mass is 337 g/mol. The number of hydrogen-bond acceptors (Lipinski definition) is 5. The summed E-state index contributed by atoms with van der Waals surface area (Å²) < 4.78 is 1.03. The Kier molecular flexibility index (Phi) is 3.76. The van der Waals surface area contributed by atoms with Crippen LogP contribution in [0.15, 0.2) is 46.9 Å². The van der Waals surface area contributed by atoms with Gasteiger partial charge in [0.25, 0.3) is 0 Å². The lowest BCUT2D eigenvalue weighted by Gasteiger charge is -1.99. The van der Waals surface area contributed by atoms with Gasteiger partial charge in [-0.25, -0.2) is 4.98 Å². The summed E-state index contributed by atoms with van der Waals surface area (Å²) in [6, 6.07) is 11.5. The van der Waals surface area contributed by atoms with Crippen LogP contribution in [0.25, 0.3) is 21.1 Å². The second-order valence-electron chi connectivity index (χ2n) is 5.47. The number of nitrogens with zero attached hydrogens (tertiary/aromatic N) is 2. The minimum atomic E-state index is 0.103. The predicted molar refractivity (Wildman–Crippen MR) is 97.6 cm³/mol. The van der Waals surface area contributed by atoms with Crippen molar-refractivity contribution in [1.82, 2.24) is 9.97 Å². The maximum atomic E-state index is 10.2. The molecule has 0 unspecified atom stereocenters. The van der Waals surface area contributed by atoms with Crippen LogP contribution in [0.2, 0.25) is 0 Å². The number of aliphatic hydroxyl groups is 1. The van der Waals surface area contributed by atoms with E-state index in [0.717, 1.165) is 32.4 Å². The Balaban J connectivity index is 1.76. The van der Waals surface area contributed by atoms with E-state index in [1.165, 1.54) is 0 Å². The molecule has 5 nitrogen and oxygen atoms in total. The number of aromatic amines is 1. The number of H-pyrrole nitrogens is 1. The molecule has 0 saturated heterocycles. The minimum absolute atomic E-state index is 0.103. The molecule has 0 spiro atoms. The highest BCUT2D eigenvalue weighted by molar-refractivity contribution is 7.17. The maximum absolute atomic E-state index is 10.2. The standard InChI is InChI=1S/C18H15N3O2S/c22-8-7-11-1-3-12(4-2-11)19-9-13-16-14(21-18(13)23)5-6-15-17(16)24-10-20-15/h1-6,9-10,21-23H,7-8H2. The van der Waals surface area contributed by atoms with Crippen molar-refractivity contribution in [2.75, 3.05) is 6.61 Å². The molecular weight excluding hydrogens is 322 g/mol. The van der Waals surface area contributed by atoms with E-state index in [4.69, 9.17) is 5.11 Å². The SMILES string of the molecule is OCCc1ccc(N=Cc2c(O)[nH]c3ccc4ncsc4c23)cc1. The van der Waals surface area contributed by atoms with Gasteiger partial charge in [-0.15, -0.1) is 11.3 Å². The zero-order chi connectivity index (χ0) is 16.5. The minimum Gasteiger partial charge on any atom is -0.494 e. The summed E-state index contributed by atoms with van der Waals surface area (Å²) in [5.74, 6) is 0.103. The summed E-state index contributed by atoms with van der Waals surface area (Å²) in [5.41, 5.74) is 6.10. The van der Waals surface area contributed by atoms with E-state index >= 15 is 0 Å². The average Bonchev–Trinajstić information content (AvgIpc) is 3.18. The van der Waals surface area contributed by atoms with Gasteiger partial charge in [0, 0.05) is 18.2 Å². The van der Waals surface area contributed by atoms with Crippen molar-refractivity contribution >= 4 is 44.4 Å². The molecular formula is C18H15N3O2S. The first-order valence-corrected chi connectivity index (χ1v) is 8.45. The Labute approximate surface area is 141 Å². The molecule has 0 fully saturated rings. The highest BCUT2D eigenvalue weighted by Gasteiger charge is 2.13. The molecule has 3 N–H and O–H groups in total. The van der Waals surface area contributed by atoms with Gasteiger partial charge in [0.05, 0.1) is 32.5 Å². The zero-order valence-electron chi connectivity index (χ0n) is 12.7. The Morgan fingerprint density at radius 1 is 1.17 bits per heavy atom. The molecule has 120 valence electrons. The Morgan fingerprint density at radius 3 is 2.79 bits per heavy atom. The molecule has 0 aliphatic heterocycles. The normalized spacial score (nSPS) is 11.9. The molecule has 24 heavy (non-hydrogen) atoms.